The van der Waals surface area contributed by atoms with Gasteiger partial charge in [0.2, 0.25) is 0 Å². The Morgan fingerprint density at radius 2 is 2.00 bits per heavy atom. The van der Waals surface area contributed by atoms with Crippen LogP contribution in [0.4, 0.5) is 11.5 Å². The van der Waals surface area contributed by atoms with Crippen LogP contribution in [0.15, 0.2) is 36.4 Å². The molecule has 2 atom stereocenters. The van der Waals surface area contributed by atoms with Crippen molar-refractivity contribution in [2.24, 2.45) is 0 Å². The number of aliphatic hydroxyl groups is 1. The Kier molecular flexibility index (Phi) is 5.05. The van der Waals surface area contributed by atoms with Crippen LogP contribution in [0.25, 0.3) is 0 Å². The molecule has 3 rings (SSSR count). The molecule has 2 aromatic rings. The molecule has 1 aliphatic rings. The number of benzene rings is 1. The minimum atomic E-state index is -0.452. The highest BCUT2D eigenvalue weighted by molar-refractivity contribution is 5.95. The van der Waals surface area contributed by atoms with Crippen LogP contribution in [0.5, 0.6) is 0 Å². The number of aromatic nitrogens is 2. The van der Waals surface area contributed by atoms with E-state index in [-0.39, 0.29) is 11.9 Å². The van der Waals surface area contributed by atoms with E-state index in [0.29, 0.717) is 11.4 Å². The van der Waals surface area contributed by atoms with E-state index in [9.17, 15) is 9.90 Å². The third-order valence-corrected chi connectivity index (χ3v) is 4.24. The summed E-state index contributed by atoms with van der Waals surface area (Å²) in [6.07, 6.45) is 3.18. The fraction of sp³-hybridized carbons (Fsp3) is 0.389. The fourth-order valence-electron chi connectivity index (χ4n) is 2.88. The lowest BCUT2D eigenvalue weighted by Crippen LogP contribution is -2.45. The molecule has 6 heteroatoms. The summed E-state index contributed by atoms with van der Waals surface area (Å²) in [5.74, 6) is 0.459. The van der Waals surface area contributed by atoms with Crippen molar-refractivity contribution in [3.63, 3.8) is 0 Å². The standard InChI is InChI=1S/C18H22N4O2/c1-12-9-10-17(22-21-12)19-14-6-4-5-13(11-14)18(24)20-15-7-2-3-8-16(15)23/h4-6,9-11,15-16,23H,2-3,7-8H2,1H3,(H,19,22)(H,20,24). The number of aryl methyl sites for hydroxylation is 1. The van der Waals surface area contributed by atoms with Crippen molar-refractivity contribution < 1.29 is 9.90 Å². The summed E-state index contributed by atoms with van der Waals surface area (Å²) in [6.45, 7) is 1.88. The lowest BCUT2D eigenvalue weighted by molar-refractivity contribution is 0.0717. The van der Waals surface area contributed by atoms with E-state index in [2.05, 4.69) is 20.8 Å². The van der Waals surface area contributed by atoms with Gasteiger partial charge in [0.05, 0.1) is 17.8 Å². The third kappa shape index (κ3) is 4.08. The summed E-state index contributed by atoms with van der Waals surface area (Å²) in [4.78, 5) is 12.4. The van der Waals surface area contributed by atoms with Crippen LogP contribution >= 0.6 is 0 Å². The van der Waals surface area contributed by atoms with Crippen molar-refractivity contribution in [1.29, 1.82) is 0 Å². The quantitative estimate of drug-likeness (QED) is 0.804. The molecule has 0 radical (unpaired) electrons. The molecule has 0 spiro atoms. The first-order valence-electron chi connectivity index (χ1n) is 8.28. The zero-order valence-corrected chi connectivity index (χ0v) is 13.7. The number of carbonyl (C=O) groups excluding carboxylic acids is 1. The van der Waals surface area contributed by atoms with Crippen LogP contribution < -0.4 is 10.6 Å². The zero-order chi connectivity index (χ0) is 16.9. The van der Waals surface area contributed by atoms with Crippen LogP contribution in [0.1, 0.15) is 41.7 Å². The molecule has 24 heavy (non-hydrogen) atoms. The smallest absolute Gasteiger partial charge is 0.251 e. The monoisotopic (exact) mass is 326 g/mol. The predicted octanol–water partition coefficient (Wildman–Crippen LogP) is 2.56. The highest BCUT2D eigenvalue weighted by Crippen LogP contribution is 2.20. The Morgan fingerprint density at radius 1 is 1.17 bits per heavy atom. The Bertz CT molecular complexity index is 702. The van der Waals surface area contributed by atoms with Gasteiger partial charge in [0.1, 0.15) is 0 Å². The third-order valence-electron chi connectivity index (χ3n) is 4.24. The molecule has 0 aliphatic heterocycles. The van der Waals surface area contributed by atoms with Gasteiger partial charge in [-0.25, -0.2) is 0 Å². The largest absolute Gasteiger partial charge is 0.391 e. The molecule has 1 aromatic carbocycles. The van der Waals surface area contributed by atoms with Crippen LogP contribution in [-0.4, -0.2) is 33.4 Å². The number of nitrogens with one attached hydrogen (secondary N) is 2. The molecule has 0 saturated heterocycles. The summed E-state index contributed by atoms with van der Waals surface area (Å²) < 4.78 is 0. The summed E-state index contributed by atoms with van der Waals surface area (Å²) in [5, 5.41) is 24.1. The minimum Gasteiger partial charge on any atom is -0.391 e. The van der Waals surface area contributed by atoms with E-state index in [0.717, 1.165) is 37.1 Å². The number of carbonyl (C=O) groups is 1. The molecule has 2 unspecified atom stereocenters. The lowest BCUT2D eigenvalue weighted by atomic mass is 9.92. The summed E-state index contributed by atoms with van der Waals surface area (Å²) in [7, 11) is 0. The second-order valence-corrected chi connectivity index (χ2v) is 6.20. The van der Waals surface area contributed by atoms with Crippen molar-refractivity contribution in [1.82, 2.24) is 15.5 Å². The Balaban J connectivity index is 1.67. The molecule has 1 aromatic heterocycles. The van der Waals surface area contributed by atoms with E-state index in [1.54, 1.807) is 12.1 Å². The number of hydrogen-bond acceptors (Lipinski definition) is 5. The molecule has 1 aliphatic carbocycles. The van der Waals surface area contributed by atoms with Crippen LogP contribution in [0.2, 0.25) is 0 Å². The van der Waals surface area contributed by atoms with Gasteiger partial charge in [0.15, 0.2) is 5.82 Å². The van der Waals surface area contributed by atoms with E-state index in [1.807, 2.05) is 31.2 Å². The van der Waals surface area contributed by atoms with Crippen LogP contribution in [0.3, 0.4) is 0 Å². The van der Waals surface area contributed by atoms with Gasteiger partial charge in [-0.15, -0.1) is 5.10 Å². The number of aliphatic hydroxyl groups excluding tert-OH is 1. The Hall–Kier alpha value is -2.47. The number of amides is 1. The Labute approximate surface area is 141 Å². The van der Waals surface area contributed by atoms with Gasteiger partial charge < -0.3 is 15.7 Å². The normalized spacial score (nSPS) is 20.4. The van der Waals surface area contributed by atoms with E-state index < -0.39 is 6.10 Å². The molecule has 3 N–H and O–H groups in total. The average molecular weight is 326 g/mol. The van der Waals surface area contributed by atoms with E-state index >= 15 is 0 Å². The molecule has 1 fully saturated rings. The first-order valence-corrected chi connectivity index (χ1v) is 8.28. The first-order chi connectivity index (χ1) is 11.6. The molecule has 1 saturated carbocycles. The fourth-order valence-corrected chi connectivity index (χ4v) is 2.88. The van der Waals surface area contributed by atoms with Crippen molar-refractivity contribution in [2.45, 2.75) is 44.8 Å². The summed E-state index contributed by atoms with van der Waals surface area (Å²) in [5.41, 5.74) is 2.17. The minimum absolute atomic E-state index is 0.161. The zero-order valence-electron chi connectivity index (χ0n) is 13.7. The average Bonchev–Trinajstić information content (AvgIpc) is 2.59. The maximum absolute atomic E-state index is 12.4. The van der Waals surface area contributed by atoms with Crippen molar-refractivity contribution in [3.05, 3.63) is 47.7 Å². The van der Waals surface area contributed by atoms with Gasteiger partial charge in [0, 0.05) is 11.3 Å². The molecule has 0 bridgehead atoms. The Morgan fingerprint density at radius 3 is 2.75 bits per heavy atom. The number of rotatable bonds is 4. The first kappa shape index (κ1) is 16.4. The van der Waals surface area contributed by atoms with Crippen LogP contribution in [0, 0.1) is 6.92 Å². The summed E-state index contributed by atoms with van der Waals surface area (Å²) in [6, 6.07) is 10.8. The second-order valence-electron chi connectivity index (χ2n) is 6.20. The molecule has 1 amide bonds. The van der Waals surface area contributed by atoms with Crippen molar-refractivity contribution >= 4 is 17.4 Å². The van der Waals surface area contributed by atoms with Gasteiger partial charge in [-0.05, 0) is 50.1 Å². The number of hydrogen-bond donors (Lipinski definition) is 3. The van der Waals surface area contributed by atoms with Gasteiger partial charge in [-0.2, -0.15) is 5.10 Å². The molecule has 6 nitrogen and oxygen atoms in total. The highest BCUT2D eigenvalue weighted by Gasteiger charge is 2.24. The van der Waals surface area contributed by atoms with Crippen molar-refractivity contribution in [3.8, 4) is 0 Å². The van der Waals surface area contributed by atoms with Gasteiger partial charge in [-0.3, -0.25) is 4.79 Å². The maximum Gasteiger partial charge on any atom is 0.251 e. The molecular formula is C18H22N4O2. The van der Waals surface area contributed by atoms with Gasteiger partial charge >= 0.3 is 0 Å². The maximum atomic E-state index is 12.4. The van der Waals surface area contributed by atoms with Crippen molar-refractivity contribution in [2.75, 3.05) is 5.32 Å². The second kappa shape index (κ2) is 7.40. The SMILES string of the molecule is Cc1ccc(Nc2cccc(C(=O)NC3CCCCC3O)c2)nn1. The highest BCUT2D eigenvalue weighted by atomic mass is 16.3. The number of nitrogens with zero attached hydrogens (tertiary/aromatic N) is 2. The number of anilines is 2. The lowest BCUT2D eigenvalue weighted by Gasteiger charge is -2.28. The van der Waals surface area contributed by atoms with E-state index in [4.69, 9.17) is 0 Å². The topological polar surface area (TPSA) is 87.1 Å². The van der Waals surface area contributed by atoms with E-state index in [1.165, 1.54) is 0 Å². The van der Waals surface area contributed by atoms with Gasteiger partial charge in [-0.1, -0.05) is 18.9 Å². The van der Waals surface area contributed by atoms with Crippen LogP contribution in [-0.2, 0) is 0 Å². The molecule has 126 valence electrons. The molecule has 1 heterocycles. The molecular weight excluding hydrogens is 304 g/mol. The predicted molar refractivity (Wildman–Crippen MR) is 92.2 cm³/mol. The summed E-state index contributed by atoms with van der Waals surface area (Å²) >= 11 is 0. The van der Waals surface area contributed by atoms with Gasteiger partial charge in [0.25, 0.3) is 5.91 Å².